The number of aliphatic hydroxyl groups is 1. The number of hydrogen-bond acceptors (Lipinski definition) is 2. The van der Waals surface area contributed by atoms with E-state index in [4.69, 9.17) is 0 Å². The molecule has 0 heterocycles. The van der Waals surface area contributed by atoms with Gasteiger partial charge in [0.2, 0.25) is 0 Å². The van der Waals surface area contributed by atoms with Crippen molar-refractivity contribution in [3.8, 4) is 11.8 Å². The summed E-state index contributed by atoms with van der Waals surface area (Å²) in [5.74, 6) is 8.57. The molecule has 4 rings (SSSR count). The summed E-state index contributed by atoms with van der Waals surface area (Å²) in [5, 5.41) is 10.5. The fourth-order valence-corrected chi connectivity index (χ4v) is 6.01. The Morgan fingerprint density at radius 1 is 1.26 bits per heavy atom. The number of carbonyl (C=O) groups excluding carboxylic acids is 1. The molecule has 0 saturated heterocycles. The van der Waals surface area contributed by atoms with Gasteiger partial charge in [0.25, 0.3) is 0 Å². The monoisotopic (exact) mass is 310 g/mol. The van der Waals surface area contributed by atoms with E-state index >= 15 is 0 Å². The summed E-state index contributed by atoms with van der Waals surface area (Å²) < 4.78 is 0. The lowest BCUT2D eigenvalue weighted by Gasteiger charge is -2.49. The maximum Gasteiger partial charge on any atom is 0.158 e. The van der Waals surface area contributed by atoms with Crippen LogP contribution in [0.25, 0.3) is 0 Å². The van der Waals surface area contributed by atoms with E-state index in [1.54, 1.807) is 6.08 Å². The first kappa shape index (κ1) is 15.2. The Balaban J connectivity index is 1.74. The van der Waals surface area contributed by atoms with E-state index in [9.17, 15) is 9.90 Å². The van der Waals surface area contributed by atoms with E-state index in [-0.39, 0.29) is 12.2 Å². The first-order chi connectivity index (χ1) is 11.0. The van der Waals surface area contributed by atoms with Crippen LogP contribution in [-0.2, 0) is 4.79 Å². The Morgan fingerprint density at radius 3 is 2.87 bits per heavy atom. The molecule has 0 bridgehead atoms. The van der Waals surface area contributed by atoms with Crippen LogP contribution in [0.4, 0.5) is 0 Å². The average Bonchev–Trinajstić information content (AvgIpc) is 2.84. The van der Waals surface area contributed by atoms with Gasteiger partial charge in [-0.1, -0.05) is 18.4 Å². The highest BCUT2D eigenvalue weighted by Crippen LogP contribution is 2.61. The molecule has 122 valence electrons. The van der Waals surface area contributed by atoms with Gasteiger partial charge in [0.05, 0.1) is 6.10 Å². The summed E-state index contributed by atoms with van der Waals surface area (Å²) in [6, 6.07) is 0. The van der Waals surface area contributed by atoms with Crippen molar-refractivity contribution in [2.75, 3.05) is 0 Å². The number of ketones is 1. The van der Waals surface area contributed by atoms with E-state index in [1.807, 2.05) is 6.92 Å². The van der Waals surface area contributed by atoms with Crippen molar-refractivity contribution in [3.63, 3.8) is 0 Å². The van der Waals surface area contributed by atoms with Crippen molar-refractivity contribution >= 4 is 5.78 Å². The van der Waals surface area contributed by atoms with Crippen LogP contribution in [0.2, 0.25) is 0 Å². The van der Waals surface area contributed by atoms with Gasteiger partial charge in [0, 0.05) is 12.3 Å². The summed E-state index contributed by atoms with van der Waals surface area (Å²) in [6.07, 6.45) is 8.39. The molecule has 0 aliphatic heterocycles. The van der Waals surface area contributed by atoms with Gasteiger partial charge in [-0.25, -0.2) is 0 Å². The minimum Gasteiger partial charge on any atom is -0.388 e. The first-order valence-electron chi connectivity index (χ1n) is 9.11. The molecule has 2 unspecified atom stereocenters. The molecular weight excluding hydrogens is 284 g/mol. The van der Waals surface area contributed by atoms with Gasteiger partial charge in [0.15, 0.2) is 5.78 Å². The van der Waals surface area contributed by atoms with Gasteiger partial charge in [-0.2, -0.15) is 0 Å². The fraction of sp³-hybridized carbons (Fsp3) is 0.667. The lowest BCUT2D eigenvalue weighted by atomic mass is 9.56. The molecule has 2 saturated carbocycles. The minimum atomic E-state index is -0.558. The van der Waals surface area contributed by atoms with Crippen molar-refractivity contribution in [3.05, 3.63) is 22.8 Å². The van der Waals surface area contributed by atoms with Gasteiger partial charge in [-0.3, -0.25) is 4.79 Å². The molecule has 1 N–H and O–H groups in total. The molecule has 4 aliphatic rings. The SMILES string of the molecule is CC#CC1CC[C@H]2[C@@H]3CCC4=CC(=O)CC(O)C4=C3CC[C@]12C. The molecule has 2 fully saturated rings. The predicted octanol–water partition coefficient (Wildman–Crippen LogP) is 3.80. The number of fused-ring (bicyclic) bond motifs is 4. The fourth-order valence-electron chi connectivity index (χ4n) is 6.01. The number of hydrogen-bond donors (Lipinski definition) is 1. The van der Waals surface area contributed by atoms with Gasteiger partial charge < -0.3 is 5.11 Å². The minimum absolute atomic E-state index is 0.0927. The third kappa shape index (κ3) is 2.17. The average molecular weight is 310 g/mol. The molecule has 0 amide bonds. The second-order valence-corrected chi connectivity index (χ2v) is 8.08. The molecule has 0 radical (unpaired) electrons. The molecule has 0 spiro atoms. The molecule has 2 nitrogen and oxygen atoms in total. The highest BCUT2D eigenvalue weighted by Gasteiger charge is 2.53. The van der Waals surface area contributed by atoms with Crippen LogP contribution in [0.5, 0.6) is 0 Å². The van der Waals surface area contributed by atoms with Crippen molar-refractivity contribution in [1.29, 1.82) is 0 Å². The number of aliphatic hydroxyl groups excluding tert-OH is 1. The van der Waals surface area contributed by atoms with E-state index in [2.05, 4.69) is 18.8 Å². The Hall–Kier alpha value is -1.33. The Bertz CT molecular complexity index is 672. The smallest absolute Gasteiger partial charge is 0.158 e. The van der Waals surface area contributed by atoms with Gasteiger partial charge in [-0.15, -0.1) is 5.92 Å². The Kier molecular flexibility index (Phi) is 3.54. The zero-order chi connectivity index (χ0) is 16.2. The summed E-state index contributed by atoms with van der Waals surface area (Å²) >= 11 is 0. The summed E-state index contributed by atoms with van der Waals surface area (Å²) in [6.45, 7) is 4.41. The van der Waals surface area contributed by atoms with Crippen molar-refractivity contribution in [2.45, 2.75) is 64.9 Å². The number of allylic oxidation sites excluding steroid dienone is 2. The third-order valence-electron chi connectivity index (χ3n) is 7.07. The molecule has 4 aliphatic carbocycles. The van der Waals surface area contributed by atoms with Gasteiger partial charge >= 0.3 is 0 Å². The van der Waals surface area contributed by atoms with Crippen LogP contribution in [-0.4, -0.2) is 17.0 Å². The second-order valence-electron chi connectivity index (χ2n) is 8.08. The predicted molar refractivity (Wildman–Crippen MR) is 90.5 cm³/mol. The molecule has 0 aromatic rings. The van der Waals surface area contributed by atoms with Gasteiger partial charge in [-0.05, 0) is 79.9 Å². The standard InChI is InChI=1S/C21H26O2/c1-3-4-14-6-8-18-16-7-5-13-11-15(22)12-19(23)20(13)17(16)9-10-21(14,18)2/h11,14,16,18-19,23H,5-10,12H2,1-2H3/t14?,16-,18+,19?,21-/m1/s1. The largest absolute Gasteiger partial charge is 0.388 e. The molecule has 23 heavy (non-hydrogen) atoms. The lowest BCUT2D eigenvalue weighted by molar-refractivity contribution is -0.116. The van der Waals surface area contributed by atoms with Crippen LogP contribution in [0.15, 0.2) is 22.8 Å². The van der Waals surface area contributed by atoms with Crippen molar-refractivity contribution in [2.24, 2.45) is 23.2 Å². The highest BCUT2D eigenvalue weighted by atomic mass is 16.3. The van der Waals surface area contributed by atoms with E-state index in [0.29, 0.717) is 23.2 Å². The number of carbonyl (C=O) groups is 1. The molecule has 0 aromatic heterocycles. The zero-order valence-corrected chi connectivity index (χ0v) is 14.2. The summed E-state index contributed by atoms with van der Waals surface area (Å²) in [4.78, 5) is 11.8. The topological polar surface area (TPSA) is 37.3 Å². The highest BCUT2D eigenvalue weighted by molar-refractivity contribution is 5.93. The zero-order valence-electron chi connectivity index (χ0n) is 14.2. The molecule has 0 aromatic carbocycles. The molecule has 5 atom stereocenters. The van der Waals surface area contributed by atoms with Gasteiger partial charge in [0.1, 0.15) is 0 Å². The van der Waals surface area contributed by atoms with Crippen molar-refractivity contribution < 1.29 is 9.90 Å². The first-order valence-corrected chi connectivity index (χ1v) is 9.11. The number of rotatable bonds is 0. The van der Waals surface area contributed by atoms with Crippen LogP contribution in [0.3, 0.4) is 0 Å². The van der Waals surface area contributed by atoms with E-state index < -0.39 is 6.10 Å². The van der Waals surface area contributed by atoms with E-state index in [1.165, 1.54) is 24.8 Å². The third-order valence-corrected chi connectivity index (χ3v) is 7.07. The van der Waals surface area contributed by atoms with Crippen molar-refractivity contribution in [1.82, 2.24) is 0 Å². The molecular formula is C21H26O2. The molecule has 2 heteroatoms. The second kappa shape index (κ2) is 5.35. The maximum absolute atomic E-state index is 11.8. The maximum atomic E-state index is 11.8. The van der Waals surface area contributed by atoms with Crippen LogP contribution in [0, 0.1) is 35.0 Å². The Morgan fingerprint density at radius 2 is 2.09 bits per heavy atom. The normalized spacial score (nSPS) is 42.2. The van der Waals surface area contributed by atoms with E-state index in [0.717, 1.165) is 30.4 Å². The van der Waals surface area contributed by atoms with Crippen LogP contribution in [0.1, 0.15) is 58.8 Å². The van der Waals surface area contributed by atoms with Crippen LogP contribution >= 0.6 is 0 Å². The quantitative estimate of drug-likeness (QED) is 0.691. The summed E-state index contributed by atoms with van der Waals surface area (Å²) in [5.41, 5.74) is 4.10. The lowest BCUT2D eigenvalue weighted by Crippen LogP contribution is -2.41. The summed E-state index contributed by atoms with van der Waals surface area (Å²) in [7, 11) is 0. The van der Waals surface area contributed by atoms with Crippen LogP contribution < -0.4 is 0 Å². The Labute approximate surface area is 139 Å².